The average molecular weight is 493 g/mol. The number of nitrogens with zero attached hydrogens (tertiary/aromatic N) is 4. The lowest BCUT2D eigenvalue weighted by Gasteiger charge is -2.41. The molecule has 1 fully saturated rings. The first-order valence-corrected chi connectivity index (χ1v) is 12.0. The number of nitrogens with two attached hydrogens (primary N) is 1. The number of piperidine rings is 1. The zero-order chi connectivity index (χ0) is 26.3. The minimum Gasteiger partial charge on any atom is -0.465 e. The van der Waals surface area contributed by atoms with Crippen LogP contribution < -0.4 is 11.1 Å². The molecule has 4 N–H and O–H groups in total. The molecule has 1 aliphatic rings. The van der Waals surface area contributed by atoms with E-state index < -0.39 is 24.0 Å². The normalized spacial score (nSPS) is 18.4. The molecule has 0 unspecified atom stereocenters. The predicted molar refractivity (Wildman–Crippen MR) is 132 cm³/mol. The topological polar surface area (TPSA) is 151 Å². The lowest BCUT2D eigenvalue weighted by atomic mass is 9.92. The van der Waals surface area contributed by atoms with Gasteiger partial charge in [-0.05, 0) is 18.8 Å². The molecule has 0 saturated carbocycles. The summed E-state index contributed by atoms with van der Waals surface area (Å²) >= 11 is 0. The number of carbonyl (C=O) groups is 3. The Balaban J connectivity index is 2.45. The van der Waals surface area contributed by atoms with Gasteiger partial charge in [0.1, 0.15) is 17.2 Å². The van der Waals surface area contributed by atoms with Crippen LogP contribution in [0.25, 0.3) is 0 Å². The van der Waals surface area contributed by atoms with Crippen LogP contribution in [0.2, 0.25) is 0 Å². The van der Waals surface area contributed by atoms with Crippen molar-refractivity contribution < 1.29 is 24.2 Å². The molecule has 1 aliphatic heterocycles. The minimum absolute atomic E-state index is 0.0283. The van der Waals surface area contributed by atoms with Crippen LogP contribution in [-0.2, 0) is 14.9 Å². The fraction of sp³-hybridized carbons (Fsp3) is 0.708. The molecule has 11 nitrogen and oxygen atoms in total. The first-order valence-electron chi connectivity index (χ1n) is 12.0. The monoisotopic (exact) mass is 492 g/mol. The number of primary amides is 1. The lowest BCUT2D eigenvalue weighted by Crippen LogP contribution is -2.56. The number of ether oxygens (including phenoxy) is 1. The van der Waals surface area contributed by atoms with Gasteiger partial charge < -0.3 is 30.7 Å². The van der Waals surface area contributed by atoms with Crippen LogP contribution in [0.15, 0.2) is 6.20 Å². The first kappa shape index (κ1) is 28.3. The van der Waals surface area contributed by atoms with Gasteiger partial charge in [-0.25, -0.2) is 14.8 Å². The molecule has 3 amide bonds. The van der Waals surface area contributed by atoms with Crippen molar-refractivity contribution in [3.8, 4) is 0 Å². The van der Waals surface area contributed by atoms with E-state index in [2.05, 4.69) is 15.3 Å². The van der Waals surface area contributed by atoms with Gasteiger partial charge in [-0.15, -0.1) is 0 Å². The SMILES string of the molecule is COCCCNc1nc(C(C)(C)C)ncc1C(=O)N(CC(C)C)[C@H]1C[C@@H](C(N)=O)CN(C(=O)O)C1. The van der Waals surface area contributed by atoms with Crippen molar-refractivity contribution in [1.82, 2.24) is 19.8 Å². The summed E-state index contributed by atoms with van der Waals surface area (Å²) in [6.07, 6.45) is 1.42. The van der Waals surface area contributed by atoms with E-state index in [0.717, 1.165) is 11.3 Å². The molecule has 0 spiro atoms. The third-order valence-corrected chi connectivity index (χ3v) is 5.87. The Morgan fingerprint density at radius 3 is 2.54 bits per heavy atom. The maximum Gasteiger partial charge on any atom is 0.407 e. The summed E-state index contributed by atoms with van der Waals surface area (Å²) in [5, 5.41) is 12.8. The average Bonchev–Trinajstić information content (AvgIpc) is 2.78. The summed E-state index contributed by atoms with van der Waals surface area (Å²) < 4.78 is 5.12. The molecule has 0 radical (unpaired) electrons. The fourth-order valence-electron chi connectivity index (χ4n) is 4.06. The van der Waals surface area contributed by atoms with Gasteiger partial charge in [0, 0.05) is 51.5 Å². The number of carbonyl (C=O) groups excluding carboxylic acids is 2. The summed E-state index contributed by atoms with van der Waals surface area (Å²) in [6.45, 7) is 11.6. The van der Waals surface area contributed by atoms with E-state index in [4.69, 9.17) is 10.5 Å². The summed E-state index contributed by atoms with van der Waals surface area (Å²) in [5.41, 5.74) is 5.53. The summed E-state index contributed by atoms with van der Waals surface area (Å²) in [5.74, 6) is -0.415. The number of anilines is 1. The first-order chi connectivity index (χ1) is 16.3. The Labute approximate surface area is 207 Å². The zero-order valence-electron chi connectivity index (χ0n) is 21.7. The van der Waals surface area contributed by atoms with Gasteiger partial charge in [0.25, 0.3) is 5.91 Å². The van der Waals surface area contributed by atoms with E-state index in [0.29, 0.717) is 43.3 Å². The Hall–Kier alpha value is -2.95. The smallest absolute Gasteiger partial charge is 0.407 e. The molecule has 0 bridgehead atoms. The van der Waals surface area contributed by atoms with Crippen LogP contribution in [0.1, 0.15) is 63.6 Å². The van der Waals surface area contributed by atoms with Crippen LogP contribution >= 0.6 is 0 Å². The van der Waals surface area contributed by atoms with Crippen LogP contribution in [0.5, 0.6) is 0 Å². The van der Waals surface area contributed by atoms with E-state index >= 15 is 0 Å². The second-order valence-corrected chi connectivity index (χ2v) is 10.5. The second kappa shape index (κ2) is 12.1. The van der Waals surface area contributed by atoms with Crippen LogP contribution in [0.3, 0.4) is 0 Å². The van der Waals surface area contributed by atoms with Crippen molar-refractivity contribution in [2.45, 2.75) is 58.9 Å². The van der Waals surface area contributed by atoms with E-state index in [1.807, 2.05) is 34.6 Å². The quantitative estimate of drug-likeness (QED) is 0.420. The Bertz CT molecular complexity index is 879. The molecule has 1 aromatic rings. The molecule has 1 aromatic heterocycles. The van der Waals surface area contributed by atoms with Crippen molar-refractivity contribution in [2.24, 2.45) is 17.6 Å². The third-order valence-electron chi connectivity index (χ3n) is 5.87. The molecule has 2 heterocycles. The van der Waals surface area contributed by atoms with Crippen molar-refractivity contribution in [3.63, 3.8) is 0 Å². The van der Waals surface area contributed by atoms with E-state index in [1.54, 1.807) is 12.0 Å². The van der Waals surface area contributed by atoms with Crippen molar-refractivity contribution in [2.75, 3.05) is 45.2 Å². The summed E-state index contributed by atoms with van der Waals surface area (Å²) in [7, 11) is 1.63. The molecular weight excluding hydrogens is 452 g/mol. The van der Waals surface area contributed by atoms with Crippen molar-refractivity contribution in [1.29, 1.82) is 0 Å². The Morgan fingerprint density at radius 2 is 2.00 bits per heavy atom. The predicted octanol–water partition coefficient (Wildman–Crippen LogP) is 2.17. The summed E-state index contributed by atoms with van der Waals surface area (Å²) in [6, 6.07) is -0.504. The van der Waals surface area contributed by atoms with Gasteiger partial charge in [-0.2, -0.15) is 0 Å². The molecule has 196 valence electrons. The third kappa shape index (κ3) is 7.78. The number of nitrogens with one attached hydrogen (secondary N) is 1. The highest BCUT2D eigenvalue weighted by Gasteiger charge is 2.38. The van der Waals surface area contributed by atoms with Crippen LogP contribution in [0.4, 0.5) is 10.6 Å². The number of aromatic nitrogens is 2. The molecule has 2 atom stereocenters. The molecule has 2 rings (SSSR count). The van der Waals surface area contributed by atoms with Crippen LogP contribution in [-0.4, -0.2) is 88.7 Å². The van der Waals surface area contributed by atoms with E-state index in [9.17, 15) is 19.5 Å². The standard InChI is InChI=1S/C24H40N6O5/c1-15(2)12-30(17-10-16(19(25)31)13-29(14-17)23(33)34)21(32)18-11-27-22(24(3,4)5)28-20(18)26-8-7-9-35-6/h11,15-17H,7-10,12-14H2,1-6H3,(H2,25,31)(H,33,34)(H,26,27,28)/t16-,17+/m1/s1. The maximum atomic E-state index is 13.9. The van der Waals surface area contributed by atoms with Crippen LogP contribution in [0, 0.1) is 11.8 Å². The van der Waals surface area contributed by atoms with Crippen molar-refractivity contribution >= 4 is 23.7 Å². The highest BCUT2D eigenvalue weighted by atomic mass is 16.5. The minimum atomic E-state index is -1.14. The largest absolute Gasteiger partial charge is 0.465 e. The van der Waals surface area contributed by atoms with Gasteiger partial charge in [0.2, 0.25) is 5.91 Å². The second-order valence-electron chi connectivity index (χ2n) is 10.5. The van der Waals surface area contributed by atoms with Crippen molar-refractivity contribution in [3.05, 3.63) is 17.6 Å². The number of rotatable bonds is 10. The van der Waals surface area contributed by atoms with Gasteiger partial charge >= 0.3 is 6.09 Å². The highest BCUT2D eigenvalue weighted by molar-refractivity contribution is 5.98. The molecule has 0 aliphatic carbocycles. The maximum absolute atomic E-state index is 13.9. The van der Waals surface area contributed by atoms with Gasteiger partial charge in [0.05, 0.1) is 12.0 Å². The number of amides is 3. The highest BCUT2D eigenvalue weighted by Crippen LogP contribution is 2.27. The number of likely N-dealkylation sites (tertiary alicyclic amines) is 1. The Kier molecular flexibility index (Phi) is 9.82. The van der Waals surface area contributed by atoms with E-state index in [-0.39, 0.29) is 30.3 Å². The molecule has 1 saturated heterocycles. The molecule has 11 heteroatoms. The number of carboxylic acid groups (broad SMARTS) is 1. The zero-order valence-corrected chi connectivity index (χ0v) is 21.7. The molecular formula is C24H40N6O5. The molecule has 0 aromatic carbocycles. The lowest BCUT2D eigenvalue weighted by molar-refractivity contribution is -0.124. The van der Waals surface area contributed by atoms with Gasteiger partial charge in [0.15, 0.2) is 0 Å². The van der Waals surface area contributed by atoms with Gasteiger partial charge in [-0.1, -0.05) is 34.6 Å². The van der Waals surface area contributed by atoms with Gasteiger partial charge in [-0.3, -0.25) is 9.59 Å². The number of hydrogen-bond acceptors (Lipinski definition) is 7. The fourth-order valence-corrected chi connectivity index (χ4v) is 4.06. The molecule has 35 heavy (non-hydrogen) atoms. The summed E-state index contributed by atoms with van der Waals surface area (Å²) in [4.78, 5) is 49.5. The Morgan fingerprint density at radius 1 is 1.31 bits per heavy atom. The number of hydrogen-bond donors (Lipinski definition) is 3. The number of methoxy groups -OCH3 is 1. The van der Waals surface area contributed by atoms with E-state index in [1.165, 1.54) is 6.20 Å².